The van der Waals surface area contributed by atoms with E-state index in [2.05, 4.69) is 30.2 Å². The molecule has 0 radical (unpaired) electrons. The minimum atomic E-state index is -0.0989. The molecule has 0 spiro atoms. The molecule has 4 rings (SSSR count). The summed E-state index contributed by atoms with van der Waals surface area (Å²) in [4.78, 5) is 19.7. The first kappa shape index (κ1) is 16.4. The van der Waals surface area contributed by atoms with Gasteiger partial charge in [0.1, 0.15) is 11.9 Å². The number of rotatable bonds is 4. The quantitative estimate of drug-likeness (QED) is 0.777. The Balaban J connectivity index is 1.45. The third-order valence-electron chi connectivity index (χ3n) is 4.29. The van der Waals surface area contributed by atoms with Crippen molar-refractivity contribution in [2.75, 3.05) is 29.9 Å². The zero-order valence-electron chi connectivity index (χ0n) is 14.5. The van der Waals surface area contributed by atoms with Crippen LogP contribution in [0.2, 0.25) is 0 Å². The fourth-order valence-corrected chi connectivity index (χ4v) is 2.89. The highest BCUT2D eigenvalue weighted by molar-refractivity contribution is 5.57. The second kappa shape index (κ2) is 7.45. The standard InChI is InChI=1S/C19H20N6O/c1-14-4-2-7-20-18(14)24-15-5-6-16(23-12-15)17-13-25(10-11-26-17)19-21-8-3-9-22-19/h2-9,12,17H,10-11,13H2,1H3,(H,20,24). The van der Waals surface area contributed by atoms with E-state index in [1.807, 2.05) is 43.5 Å². The minimum absolute atomic E-state index is 0.0989. The first-order valence-corrected chi connectivity index (χ1v) is 8.58. The van der Waals surface area contributed by atoms with E-state index in [9.17, 15) is 0 Å². The van der Waals surface area contributed by atoms with Crippen LogP contribution in [0, 0.1) is 6.92 Å². The fourth-order valence-electron chi connectivity index (χ4n) is 2.89. The van der Waals surface area contributed by atoms with Crippen LogP contribution in [0.25, 0.3) is 0 Å². The summed E-state index contributed by atoms with van der Waals surface area (Å²) in [6.07, 6.45) is 6.99. The van der Waals surface area contributed by atoms with Crippen LogP contribution in [-0.2, 0) is 4.74 Å². The highest BCUT2D eigenvalue weighted by Crippen LogP contribution is 2.24. The number of hydrogen-bond donors (Lipinski definition) is 1. The summed E-state index contributed by atoms with van der Waals surface area (Å²) in [6, 6.07) is 9.74. The Hall–Kier alpha value is -3.06. The van der Waals surface area contributed by atoms with Gasteiger partial charge in [0.25, 0.3) is 0 Å². The SMILES string of the molecule is Cc1cccnc1Nc1ccc(C2CN(c3ncccn3)CCO2)nc1. The van der Waals surface area contributed by atoms with Crippen LogP contribution in [0.3, 0.4) is 0 Å². The first-order valence-electron chi connectivity index (χ1n) is 8.58. The third kappa shape index (κ3) is 3.62. The van der Waals surface area contributed by atoms with Gasteiger partial charge in [0, 0.05) is 25.1 Å². The van der Waals surface area contributed by atoms with Crippen molar-refractivity contribution < 1.29 is 4.74 Å². The van der Waals surface area contributed by atoms with Crippen molar-refractivity contribution in [3.05, 3.63) is 66.4 Å². The van der Waals surface area contributed by atoms with Crippen LogP contribution in [0.15, 0.2) is 55.1 Å². The van der Waals surface area contributed by atoms with Crippen LogP contribution in [0.1, 0.15) is 17.4 Å². The number of nitrogens with one attached hydrogen (secondary N) is 1. The summed E-state index contributed by atoms with van der Waals surface area (Å²) in [6.45, 7) is 4.10. The average Bonchev–Trinajstić information content (AvgIpc) is 2.71. The van der Waals surface area contributed by atoms with Crippen molar-refractivity contribution in [2.45, 2.75) is 13.0 Å². The van der Waals surface area contributed by atoms with Gasteiger partial charge in [-0.3, -0.25) is 4.98 Å². The molecule has 3 aromatic heterocycles. The van der Waals surface area contributed by atoms with Crippen molar-refractivity contribution >= 4 is 17.5 Å². The molecule has 0 aliphatic carbocycles. The summed E-state index contributed by atoms with van der Waals surface area (Å²) in [5, 5.41) is 3.29. The van der Waals surface area contributed by atoms with Gasteiger partial charge in [0.15, 0.2) is 0 Å². The van der Waals surface area contributed by atoms with Gasteiger partial charge in [-0.15, -0.1) is 0 Å². The van der Waals surface area contributed by atoms with Crippen molar-refractivity contribution in [1.82, 2.24) is 19.9 Å². The van der Waals surface area contributed by atoms with Gasteiger partial charge in [0.2, 0.25) is 5.95 Å². The van der Waals surface area contributed by atoms with Gasteiger partial charge in [-0.2, -0.15) is 0 Å². The molecule has 4 heterocycles. The highest BCUT2D eigenvalue weighted by Gasteiger charge is 2.24. The Bertz CT molecular complexity index is 855. The van der Waals surface area contributed by atoms with Crippen LogP contribution in [0.5, 0.6) is 0 Å². The van der Waals surface area contributed by atoms with Gasteiger partial charge in [-0.05, 0) is 36.8 Å². The van der Waals surface area contributed by atoms with E-state index in [-0.39, 0.29) is 6.10 Å². The van der Waals surface area contributed by atoms with E-state index in [0.717, 1.165) is 35.3 Å². The summed E-state index contributed by atoms with van der Waals surface area (Å²) in [7, 11) is 0. The van der Waals surface area contributed by atoms with Crippen LogP contribution in [0.4, 0.5) is 17.5 Å². The number of morpholine rings is 1. The molecule has 26 heavy (non-hydrogen) atoms. The predicted octanol–water partition coefficient (Wildman–Crippen LogP) is 2.90. The van der Waals surface area contributed by atoms with Gasteiger partial charge in [0.05, 0.1) is 30.7 Å². The maximum atomic E-state index is 5.90. The number of aryl methyl sites for hydroxylation is 1. The van der Waals surface area contributed by atoms with E-state index >= 15 is 0 Å². The monoisotopic (exact) mass is 348 g/mol. The molecule has 3 aromatic rings. The normalized spacial score (nSPS) is 17.1. The Morgan fingerprint density at radius 1 is 1.04 bits per heavy atom. The Morgan fingerprint density at radius 2 is 1.88 bits per heavy atom. The van der Waals surface area contributed by atoms with Crippen molar-refractivity contribution in [2.24, 2.45) is 0 Å². The molecule has 0 aromatic carbocycles. The molecule has 7 nitrogen and oxygen atoms in total. The average molecular weight is 348 g/mol. The number of anilines is 3. The lowest BCUT2D eigenvalue weighted by Crippen LogP contribution is -2.39. The summed E-state index contributed by atoms with van der Waals surface area (Å²) < 4.78 is 5.90. The Labute approximate surface area is 152 Å². The van der Waals surface area contributed by atoms with Gasteiger partial charge in [-0.25, -0.2) is 15.0 Å². The summed E-state index contributed by atoms with van der Waals surface area (Å²) in [5.41, 5.74) is 2.88. The molecule has 1 unspecified atom stereocenters. The molecule has 1 atom stereocenters. The number of nitrogens with zero attached hydrogens (tertiary/aromatic N) is 5. The zero-order chi connectivity index (χ0) is 17.8. The van der Waals surface area contributed by atoms with Gasteiger partial charge in [-0.1, -0.05) is 6.07 Å². The lowest BCUT2D eigenvalue weighted by Gasteiger charge is -2.32. The molecule has 1 fully saturated rings. The largest absolute Gasteiger partial charge is 0.368 e. The molecule has 0 saturated carbocycles. The molecule has 1 aliphatic rings. The van der Waals surface area contributed by atoms with Gasteiger partial charge >= 0.3 is 0 Å². The molecule has 1 saturated heterocycles. The summed E-state index contributed by atoms with van der Waals surface area (Å²) >= 11 is 0. The second-order valence-corrected chi connectivity index (χ2v) is 6.12. The fraction of sp³-hybridized carbons (Fsp3) is 0.263. The molecular formula is C19H20N6O. The van der Waals surface area contributed by atoms with Crippen LogP contribution < -0.4 is 10.2 Å². The van der Waals surface area contributed by atoms with E-state index in [4.69, 9.17) is 4.74 Å². The van der Waals surface area contributed by atoms with E-state index in [1.54, 1.807) is 18.6 Å². The third-order valence-corrected chi connectivity index (χ3v) is 4.29. The van der Waals surface area contributed by atoms with Crippen molar-refractivity contribution in [3.8, 4) is 0 Å². The van der Waals surface area contributed by atoms with E-state index in [0.29, 0.717) is 13.2 Å². The highest BCUT2D eigenvalue weighted by atomic mass is 16.5. The van der Waals surface area contributed by atoms with Crippen LogP contribution >= 0.6 is 0 Å². The maximum absolute atomic E-state index is 5.90. The lowest BCUT2D eigenvalue weighted by atomic mass is 10.2. The zero-order valence-corrected chi connectivity index (χ0v) is 14.5. The molecular weight excluding hydrogens is 328 g/mol. The van der Waals surface area contributed by atoms with Crippen molar-refractivity contribution in [3.63, 3.8) is 0 Å². The van der Waals surface area contributed by atoms with E-state index < -0.39 is 0 Å². The van der Waals surface area contributed by atoms with Gasteiger partial charge < -0.3 is 15.0 Å². The maximum Gasteiger partial charge on any atom is 0.225 e. The van der Waals surface area contributed by atoms with Crippen molar-refractivity contribution in [1.29, 1.82) is 0 Å². The Morgan fingerprint density at radius 3 is 2.65 bits per heavy atom. The number of aromatic nitrogens is 4. The lowest BCUT2D eigenvalue weighted by molar-refractivity contribution is 0.0365. The molecule has 7 heteroatoms. The second-order valence-electron chi connectivity index (χ2n) is 6.12. The number of hydrogen-bond acceptors (Lipinski definition) is 7. The molecule has 1 aliphatic heterocycles. The minimum Gasteiger partial charge on any atom is -0.368 e. The van der Waals surface area contributed by atoms with Crippen LogP contribution in [-0.4, -0.2) is 39.6 Å². The Kier molecular flexibility index (Phi) is 4.70. The number of pyridine rings is 2. The predicted molar refractivity (Wildman–Crippen MR) is 99.4 cm³/mol. The summed E-state index contributed by atoms with van der Waals surface area (Å²) in [5.74, 6) is 1.56. The molecule has 0 amide bonds. The molecule has 0 bridgehead atoms. The molecule has 1 N–H and O–H groups in total. The smallest absolute Gasteiger partial charge is 0.225 e. The first-order chi connectivity index (χ1) is 12.8. The topological polar surface area (TPSA) is 76.1 Å². The van der Waals surface area contributed by atoms with E-state index in [1.165, 1.54) is 0 Å². The number of ether oxygens (including phenoxy) is 1. The molecule has 132 valence electrons.